The maximum atomic E-state index is 14.1. The predicted octanol–water partition coefficient (Wildman–Crippen LogP) is 2.62. The van der Waals surface area contributed by atoms with E-state index in [2.05, 4.69) is 0 Å². The van der Waals surface area contributed by atoms with Gasteiger partial charge in [0.25, 0.3) is 5.91 Å². The lowest BCUT2D eigenvalue weighted by Gasteiger charge is -2.50. The maximum absolute atomic E-state index is 14.1. The van der Waals surface area contributed by atoms with Gasteiger partial charge in [-0.3, -0.25) is 19.3 Å². The predicted molar refractivity (Wildman–Crippen MR) is 157 cm³/mol. The molecule has 1 amide bonds. The molecule has 6 N–H and O–H groups in total. The van der Waals surface area contributed by atoms with Crippen LogP contribution < -0.4 is 10.6 Å². The molecule has 0 unspecified atom stereocenters. The van der Waals surface area contributed by atoms with Crippen molar-refractivity contribution in [2.75, 3.05) is 33.1 Å². The fraction of sp³-hybridized carbons (Fsp3) is 0.406. The second kappa shape index (κ2) is 11.2. The number of phenolic OH excluding ortho intramolecular Hbond substituents is 1. The Morgan fingerprint density at radius 3 is 2.20 bits per heavy atom. The molecule has 4 atom stereocenters. The van der Waals surface area contributed by atoms with Gasteiger partial charge in [-0.2, -0.15) is 0 Å². The Bertz CT molecular complexity index is 1690. The first kappa shape index (κ1) is 32.0. The first-order valence-electron chi connectivity index (χ1n) is 14.3. The molecule has 2 aromatic carbocycles. The molecule has 0 aromatic heterocycles. The van der Waals surface area contributed by atoms with E-state index in [1.165, 1.54) is 19.0 Å². The molecule has 10 nitrogen and oxygen atoms in total. The number of rotatable bonds is 7. The number of amides is 1. The Hall–Kier alpha value is -4.36. The zero-order valence-corrected chi connectivity index (χ0v) is 25.1. The van der Waals surface area contributed by atoms with Crippen LogP contribution in [-0.4, -0.2) is 82.6 Å². The average molecular weight is 630 g/mol. The Morgan fingerprint density at radius 2 is 1.64 bits per heavy atom. The number of benzene rings is 2. The summed E-state index contributed by atoms with van der Waals surface area (Å²) in [4.78, 5) is 42.7. The Morgan fingerprint density at radius 1 is 1.02 bits per heavy atom. The van der Waals surface area contributed by atoms with Crippen LogP contribution in [0.25, 0.3) is 5.76 Å². The number of nitrogens with two attached hydrogens (primary N) is 1. The van der Waals surface area contributed by atoms with E-state index in [4.69, 9.17) is 5.73 Å². The second-order valence-corrected chi connectivity index (χ2v) is 12.3. The van der Waals surface area contributed by atoms with Crippen LogP contribution in [0, 0.1) is 29.3 Å². The van der Waals surface area contributed by atoms with Gasteiger partial charge >= 0.3 is 0 Å². The van der Waals surface area contributed by atoms with Gasteiger partial charge in [0.05, 0.1) is 11.6 Å². The number of anilines is 1. The molecule has 1 saturated carbocycles. The lowest BCUT2D eigenvalue weighted by atomic mass is 9.57. The molecule has 3 aliphatic rings. The highest BCUT2D eigenvalue weighted by molar-refractivity contribution is 6.24. The number of aliphatic hydroxyl groups is 3. The number of hydrogen-bond donors (Lipinski definition) is 5. The summed E-state index contributed by atoms with van der Waals surface area (Å²) in [5, 5.41) is 45.8. The van der Waals surface area contributed by atoms with Gasteiger partial charge in [0, 0.05) is 31.3 Å². The summed E-state index contributed by atoms with van der Waals surface area (Å²) < 4.78 is 40.8. The number of aryl methyl sites for hydroxylation is 2. The number of hydrogen-bond acceptors (Lipinski definition) is 9. The molecule has 5 rings (SSSR count). The van der Waals surface area contributed by atoms with E-state index >= 15 is 0 Å². The molecule has 0 spiro atoms. The molecule has 240 valence electrons. The molecule has 0 saturated heterocycles. The largest absolute Gasteiger partial charge is 0.508 e. The van der Waals surface area contributed by atoms with Crippen LogP contribution >= 0.6 is 0 Å². The zero-order valence-electron chi connectivity index (χ0n) is 25.1. The minimum absolute atomic E-state index is 0.0358. The van der Waals surface area contributed by atoms with Crippen LogP contribution in [-0.2, 0) is 33.6 Å². The molecule has 0 heterocycles. The summed E-state index contributed by atoms with van der Waals surface area (Å²) in [6.45, 7) is 0. The van der Waals surface area contributed by atoms with Crippen LogP contribution in [0.5, 0.6) is 5.75 Å². The van der Waals surface area contributed by atoms with Crippen molar-refractivity contribution in [1.29, 1.82) is 0 Å². The topological polar surface area (TPSA) is 165 Å². The summed E-state index contributed by atoms with van der Waals surface area (Å²) in [5.41, 5.74) is 3.09. The summed E-state index contributed by atoms with van der Waals surface area (Å²) in [6.07, 6.45) is 0.683. The molecule has 2 aromatic rings. The van der Waals surface area contributed by atoms with Gasteiger partial charge in [-0.05, 0) is 87.0 Å². The van der Waals surface area contributed by atoms with Crippen LogP contribution in [0.15, 0.2) is 35.1 Å². The van der Waals surface area contributed by atoms with Crippen molar-refractivity contribution in [3.05, 3.63) is 74.8 Å². The van der Waals surface area contributed by atoms with Gasteiger partial charge < -0.3 is 31.1 Å². The van der Waals surface area contributed by atoms with Gasteiger partial charge in [-0.1, -0.05) is 0 Å². The van der Waals surface area contributed by atoms with Gasteiger partial charge in [0.15, 0.2) is 28.8 Å². The number of primary amides is 1. The number of Topliss-reactive ketones (excluding diaryl/α,β-unsaturated/α-hetero) is 2. The minimum Gasteiger partial charge on any atom is -0.508 e. The van der Waals surface area contributed by atoms with Gasteiger partial charge in [-0.15, -0.1) is 0 Å². The highest BCUT2D eigenvalue weighted by Gasteiger charge is 2.64. The molecule has 3 aliphatic carbocycles. The van der Waals surface area contributed by atoms with E-state index in [-0.39, 0.29) is 54.6 Å². The number of phenols is 1. The lowest BCUT2D eigenvalue weighted by Crippen LogP contribution is -2.65. The van der Waals surface area contributed by atoms with E-state index in [0.717, 1.165) is 12.1 Å². The number of carbonyl (C=O) groups excluding carboxylic acids is 3. The summed E-state index contributed by atoms with van der Waals surface area (Å²) in [6, 6.07) is 2.31. The van der Waals surface area contributed by atoms with E-state index in [1.54, 1.807) is 25.1 Å². The third-order valence-corrected chi connectivity index (χ3v) is 9.21. The maximum Gasteiger partial charge on any atom is 0.255 e. The minimum atomic E-state index is -2.75. The smallest absolute Gasteiger partial charge is 0.255 e. The monoisotopic (exact) mass is 629 g/mol. The Kier molecular flexibility index (Phi) is 7.99. The molecule has 0 aliphatic heterocycles. The van der Waals surface area contributed by atoms with Crippen LogP contribution in [0.1, 0.15) is 35.1 Å². The van der Waals surface area contributed by atoms with Crippen molar-refractivity contribution in [2.24, 2.45) is 17.6 Å². The number of nitrogens with zero attached hydrogens (tertiary/aromatic N) is 2. The van der Waals surface area contributed by atoms with Gasteiger partial charge in [0.2, 0.25) is 5.78 Å². The normalized spacial score (nSPS) is 24.5. The molecular formula is C32H34F3N3O7. The third kappa shape index (κ3) is 4.85. The standard InChI is InChI=1S/C32H34F3N3O7/c1-37(2)20-12-14(7-5-6-13-8-18(33)24(35)19(34)9-13)26(39)22-16(20)10-15-11-17-25(38(3)4)28(41)23(31(36)44)30(43)32(17,45)29(42)21(15)27(22)40/h8-9,12,15,17,25,39-40,43,45H,5-7,10-11H2,1-4H3,(H2,36,44)/t15-,17-,25-,32-/m0/s1. The molecule has 13 heteroatoms. The van der Waals surface area contributed by atoms with Crippen molar-refractivity contribution in [3.63, 3.8) is 0 Å². The molecule has 45 heavy (non-hydrogen) atoms. The van der Waals surface area contributed by atoms with Crippen molar-refractivity contribution in [2.45, 2.75) is 43.7 Å². The van der Waals surface area contributed by atoms with Crippen molar-refractivity contribution in [1.82, 2.24) is 4.90 Å². The Labute approximate surface area is 256 Å². The summed E-state index contributed by atoms with van der Waals surface area (Å²) >= 11 is 0. The number of carbonyl (C=O) groups is 3. The lowest BCUT2D eigenvalue weighted by molar-refractivity contribution is -0.153. The van der Waals surface area contributed by atoms with E-state index in [9.17, 15) is 48.0 Å². The summed E-state index contributed by atoms with van der Waals surface area (Å²) in [7, 11) is 6.55. The van der Waals surface area contributed by atoms with Gasteiger partial charge in [0.1, 0.15) is 22.8 Å². The fourth-order valence-electron chi connectivity index (χ4n) is 7.17. The fourth-order valence-corrected chi connectivity index (χ4v) is 7.17. The van der Waals surface area contributed by atoms with E-state index in [0.29, 0.717) is 16.8 Å². The van der Waals surface area contributed by atoms with Gasteiger partial charge in [-0.25, -0.2) is 13.2 Å². The average Bonchev–Trinajstić information content (AvgIpc) is 2.94. The SMILES string of the molecule is CN(C)c1cc(CCCc2cc(F)c(F)c(F)c2)c(O)c2c1C[C@H]1C[C@H]3[C@H](N(C)C)C(=O)C(C(N)=O)=C(O)[C@@]3(O)C(=O)C1=C2O. The van der Waals surface area contributed by atoms with E-state index in [1.807, 2.05) is 0 Å². The van der Waals surface area contributed by atoms with Crippen LogP contribution in [0.2, 0.25) is 0 Å². The quantitative estimate of drug-likeness (QED) is 0.229. The number of aromatic hydroxyl groups is 1. The molecule has 1 fully saturated rings. The number of fused-ring (bicyclic) bond motifs is 3. The number of ketones is 2. The van der Waals surface area contributed by atoms with Crippen molar-refractivity contribution >= 4 is 28.9 Å². The molecule has 0 radical (unpaired) electrons. The third-order valence-electron chi connectivity index (χ3n) is 9.21. The summed E-state index contributed by atoms with van der Waals surface area (Å²) in [5.74, 6) is -11.5. The van der Waals surface area contributed by atoms with E-state index < -0.39 is 75.5 Å². The molecule has 0 bridgehead atoms. The molecular weight excluding hydrogens is 595 g/mol. The zero-order chi connectivity index (χ0) is 33.3. The highest BCUT2D eigenvalue weighted by Crippen LogP contribution is 2.54. The van der Waals surface area contributed by atoms with Crippen LogP contribution in [0.4, 0.5) is 18.9 Å². The number of likely N-dealkylation sites (N-methyl/N-ethyl adjacent to an activating group) is 1. The van der Waals surface area contributed by atoms with Crippen molar-refractivity contribution in [3.8, 4) is 5.75 Å². The second-order valence-electron chi connectivity index (χ2n) is 12.3. The first-order chi connectivity index (χ1) is 21.0. The number of halogens is 3. The highest BCUT2D eigenvalue weighted by atomic mass is 19.2. The first-order valence-corrected chi connectivity index (χ1v) is 14.3. The van der Waals surface area contributed by atoms with Crippen LogP contribution in [0.3, 0.4) is 0 Å². The number of aliphatic hydroxyl groups excluding tert-OH is 2. The Balaban J connectivity index is 1.59. The van der Waals surface area contributed by atoms with Crippen molar-refractivity contribution < 1.29 is 48.0 Å².